The van der Waals surface area contributed by atoms with E-state index in [9.17, 15) is 0 Å². The molecule has 1 fully saturated rings. The van der Waals surface area contributed by atoms with E-state index in [2.05, 4.69) is 72.9 Å². The summed E-state index contributed by atoms with van der Waals surface area (Å²) >= 11 is 0. The second kappa shape index (κ2) is 8.32. The highest BCUT2D eigenvalue weighted by Crippen LogP contribution is 2.41. The average Bonchev–Trinajstić information content (AvgIpc) is 2.69. The standard InChI is InChI=1S/C23H28N2/c1-2-23(16-17-24)14-12-22(13-15-23)25-18-19-8-10-21(11-9-19)20-6-4-3-5-7-20/h3-11,22,25H,2,12-16,18H2,1H3/t22-,23-. The van der Waals surface area contributed by atoms with Gasteiger partial charge in [-0.1, -0.05) is 61.5 Å². The zero-order valence-corrected chi connectivity index (χ0v) is 15.2. The van der Waals surface area contributed by atoms with E-state index in [0.29, 0.717) is 6.04 Å². The second-order valence-corrected chi connectivity index (χ2v) is 7.41. The van der Waals surface area contributed by atoms with Crippen LogP contribution < -0.4 is 5.32 Å². The second-order valence-electron chi connectivity index (χ2n) is 7.41. The van der Waals surface area contributed by atoms with Crippen molar-refractivity contribution in [2.75, 3.05) is 0 Å². The highest BCUT2D eigenvalue weighted by molar-refractivity contribution is 5.63. The van der Waals surface area contributed by atoms with Gasteiger partial charge in [0.15, 0.2) is 0 Å². The molecular weight excluding hydrogens is 304 g/mol. The van der Waals surface area contributed by atoms with Crippen LogP contribution in [-0.4, -0.2) is 6.04 Å². The fourth-order valence-corrected chi connectivity index (χ4v) is 3.97. The summed E-state index contributed by atoms with van der Waals surface area (Å²) in [6.45, 7) is 3.16. The smallest absolute Gasteiger partial charge is 0.0627 e. The fraction of sp³-hybridized carbons (Fsp3) is 0.435. The average molecular weight is 332 g/mol. The van der Waals surface area contributed by atoms with Gasteiger partial charge in [0.05, 0.1) is 6.07 Å². The van der Waals surface area contributed by atoms with Crippen LogP contribution in [0, 0.1) is 16.7 Å². The summed E-state index contributed by atoms with van der Waals surface area (Å²) in [6, 6.07) is 22.4. The van der Waals surface area contributed by atoms with Gasteiger partial charge in [0.1, 0.15) is 0 Å². The molecule has 1 saturated carbocycles. The maximum absolute atomic E-state index is 9.07. The summed E-state index contributed by atoms with van der Waals surface area (Å²) in [5.41, 5.74) is 4.16. The molecule has 1 N–H and O–H groups in total. The first-order chi connectivity index (χ1) is 12.2. The molecule has 3 rings (SSSR count). The zero-order valence-electron chi connectivity index (χ0n) is 15.2. The van der Waals surface area contributed by atoms with Gasteiger partial charge < -0.3 is 5.32 Å². The minimum atomic E-state index is 0.282. The maximum atomic E-state index is 9.07. The van der Waals surface area contributed by atoms with Crippen LogP contribution in [-0.2, 0) is 6.54 Å². The molecule has 130 valence electrons. The van der Waals surface area contributed by atoms with Crippen molar-refractivity contribution in [2.45, 2.75) is 58.0 Å². The molecule has 2 aromatic rings. The van der Waals surface area contributed by atoms with E-state index in [0.717, 1.165) is 19.4 Å². The predicted molar refractivity (Wildman–Crippen MR) is 104 cm³/mol. The molecule has 1 aliphatic carbocycles. The Morgan fingerprint density at radius 2 is 1.64 bits per heavy atom. The summed E-state index contributed by atoms with van der Waals surface area (Å²) in [6.07, 6.45) is 6.60. The van der Waals surface area contributed by atoms with Crippen LogP contribution in [0.4, 0.5) is 0 Å². The van der Waals surface area contributed by atoms with E-state index in [4.69, 9.17) is 5.26 Å². The Morgan fingerprint density at radius 1 is 1.00 bits per heavy atom. The molecule has 0 atom stereocenters. The largest absolute Gasteiger partial charge is 0.310 e. The first kappa shape index (κ1) is 17.7. The van der Waals surface area contributed by atoms with Gasteiger partial charge in [0, 0.05) is 19.0 Å². The topological polar surface area (TPSA) is 35.8 Å². The van der Waals surface area contributed by atoms with Crippen molar-refractivity contribution in [3.05, 3.63) is 60.2 Å². The SMILES string of the molecule is CC[C@]1(CC#N)CC[C@H](NCc2ccc(-c3ccccc3)cc2)CC1. The predicted octanol–water partition coefficient (Wildman–Crippen LogP) is 5.70. The molecule has 0 aromatic heterocycles. The third-order valence-electron chi connectivity index (χ3n) is 5.91. The van der Waals surface area contributed by atoms with Crippen LogP contribution in [0.3, 0.4) is 0 Å². The van der Waals surface area contributed by atoms with E-state index in [-0.39, 0.29) is 5.41 Å². The van der Waals surface area contributed by atoms with Gasteiger partial charge in [-0.05, 0) is 54.2 Å². The van der Waals surface area contributed by atoms with Gasteiger partial charge in [0.2, 0.25) is 0 Å². The lowest BCUT2D eigenvalue weighted by atomic mass is 9.69. The number of nitrogens with one attached hydrogen (secondary N) is 1. The molecule has 0 heterocycles. The van der Waals surface area contributed by atoms with Crippen molar-refractivity contribution in [1.82, 2.24) is 5.32 Å². The highest BCUT2D eigenvalue weighted by atomic mass is 14.9. The summed E-state index contributed by atoms with van der Waals surface area (Å²) in [5, 5.41) is 12.8. The van der Waals surface area contributed by atoms with Crippen LogP contribution in [0.2, 0.25) is 0 Å². The molecule has 2 heteroatoms. The van der Waals surface area contributed by atoms with Gasteiger partial charge in [0.25, 0.3) is 0 Å². The third kappa shape index (κ3) is 4.50. The maximum Gasteiger partial charge on any atom is 0.0627 e. The van der Waals surface area contributed by atoms with E-state index in [1.807, 2.05) is 0 Å². The van der Waals surface area contributed by atoms with Gasteiger partial charge in [-0.25, -0.2) is 0 Å². The Labute approximate surface area is 151 Å². The molecular formula is C23H28N2. The van der Waals surface area contributed by atoms with Gasteiger partial charge in [-0.3, -0.25) is 0 Å². The molecule has 0 spiro atoms. The van der Waals surface area contributed by atoms with Crippen LogP contribution in [0.25, 0.3) is 11.1 Å². The van der Waals surface area contributed by atoms with Gasteiger partial charge >= 0.3 is 0 Å². The van der Waals surface area contributed by atoms with E-state index < -0.39 is 0 Å². The molecule has 0 amide bonds. The molecule has 0 bridgehead atoms. The molecule has 0 saturated heterocycles. The number of hydrogen-bond donors (Lipinski definition) is 1. The van der Waals surface area contributed by atoms with Crippen molar-refractivity contribution in [2.24, 2.45) is 5.41 Å². The first-order valence-electron chi connectivity index (χ1n) is 9.49. The van der Waals surface area contributed by atoms with Crippen molar-refractivity contribution < 1.29 is 0 Å². The molecule has 2 aromatic carbocycles. The lowest BCUT2D eigenvalue weighted by Gasteiger charge is -2.38. The van der Waals surface area contributed by atoms with Crippen LogP contribution in [0.5, 0.6) is 0 Å². The normalized spacial score (nSPS) is 23.1. The summed E-state index contributed by atoms with van der Waals surface area (Å²) in [5.74, 6) is 0. The fourth-order valence-electron chi connectivity index (χ4n) is 3.97. The van der Waals surface area contributed by atoms with Crippen molar-refractivity contribution in [1.29, 1.82) is 5.26 Å². The lowest BCUT2D eigenvalue weighted by Crippen LogP contribution is -2.37. The molecule has 2 nitrogen and oxygen atoms in total. The monoisotopic (exact) mass is 332 g/mol. The quantitative estimate of drug-likeness (QED) is 0.737. The number of nitriles is 1. The lowest BCUT2D eigenvalue weighted by molar-refractivity contribution is 0.159. The molecule has 0 radical (unpaired) electrons. The van der Waals surface area contributed by atoms with Gasteiger partial charge in [-0.2, -0.15) is 5.26 Å². The van der Waals surface area contributed by atoms with Gasteiger partial charge in [-0.15, -0.1) is 0 Å². The molecule has 1 aliphatic rings. The Balaban J connectivity index is 1.51. The number of rotatable bonds is 6. The Bertz CT molecular complexity index is 689. The Kier molecular flexibility index (Phi) is 5.89. The zero-order chi connectivity index (χ0) is 17.5. The van der Waals surface area contributed by atoms with Crippen molar-refractivity contribution >= 4 is 0 Å². The molecule has 0 aliphatic heterocycles. The Hall–Kier alpha value is -2.11. The van der Waals surface area contributed by atoms with Crippen LogP contribution in [0.1, 0.15) is 51.0 Å². The van der Waals surface area contributed by atoms with E-state index >= 15 is 0 Å². The summed E-state index contributed by atoms with van der Waals surface area (Å²) in [4.78, 5) is 0. The van der Waals surface area contributed by atoms with Crippen LogP contribution in [0.15, 0.2) is 54.6 Å². The van der Waals surface area contributed by atoms with E-state index in [1.54, 1.807) is 0 Å². The minimum absolute atomic E-state index is 0.282. The highest BCUT2D eigenvalue weighted by Gasteiger charge is 2.33. The number of hydrogen-bond acceptors (Lipinski definition) is 2. The third-order valence-corrected chi connectivity index (χ3v) is 5.91. The molecule has 25 heavy (non-hydrogen) atoms. The Morgan fingerprint density at radius 3 is 2.24 bits per heavy atom. The first-order valence-corrected chi connectivity index (χ1v) is 9.49. The van der Waals surface area contributed by atoms with Crippen LogP contribution >= 0.6 is 0 Å². The van der Waals surface area contributed by atoms with E-state index in [1.165, 1.54) is 42.4 Å². The summed E-state index contributed by atoms with van der Waals surface area (Å²) in [7, 11) is 0. The van der Waals surface area contributed by atoms with Crippen molar-refractivity contribution in [3.63, 3.8) is 0 Å². The van der Waals surface area contributed by atoms with Crippen molar-refractivity contribution in [3.8, 4) is 17.2 Å². The number of nitrogens with zero attached hydrogens (tertiary/aromatic N) is 1. The number of benzene rings is 2. The minimum Gasteiger partial charge on any atom is -0.310 e. The molecule has 0 unspecified atom stereocenters. The summed E-state index contributed by atoms with van der Waals surface area (Å²) < 4.78 is 0.